The molecule has 2 aromatic carbocycles. The summed E-state index contributed by atoms with van der Waals surface area (Å²) in [6, 6.07) is 19.3. The molecule has 0 radical (unpaired) electrons. The molecule has 0 saturated carbocycles. The van der Waals surface area contributed by atoms with Crippen molar-refractivity contribution in [2.45, 2.75) is 26.2 Å². The number of piperidine rings is 1. The van der Waals surface area contributed by atoms with Gasteiger partial charge in [-0.3, -0.25) is 4.40 Å². The van der Waals surface area contributed by atoms with Gasteiger partial charge in [0.1, 0.15) is 17.2 Å². The van der Waals surface area contributed by atoms with Gasteiger partial charge in [-0.15, -0.1) is 0 Å². The third-order valence-corrected chi connectivity index (χ3v) is 5.55. The van der Waals surface area contributed by atoms with E-state index in [1.807, 2.05) is 0 Å². The molecule has 3 heteroatoms. The van der Waals surface area contributed by atoms with Crippen molar-refractivity contribution < 1.29 is 0 Å². The van der Waals surface area contributed by atoms with Crippen LogP contribution >= 0.6 is 0 Å². The van der Waals surface area contributed by atoms with E-state index in [0.717, 1.165) is 24.4 Å². The van der Waals surface area contributed by atoms with Crippen molar-refractivity contribution in [1.82, 2.24) is 9.38 Å². The minimum atomic E-state index is 1.06. The summed E-state index contributed by atoms with van der Waals surface area (Å²) in [5, 5.41) is 2.46. The summed E-state index contributed by atoms with van der Waals surface area (Å²) in [7, 11) is 0. The molecule has 0 aliphatic carbocycles. The Labute approximate surface area is 153 Å². The van der Waals surface area contributed by atoms with Crippen LogP contribution in [-0.4, -0.2) is 22.5 Å². The molecule has 3 nitrogen and oxygen atoms in total. The lowest BCUT2D eigenvalue weighted by Gasteiger charge is -2.29. The molecule has 2 aromatic heterocycles. The van der Waals surface area contributed by atoms with Crippen molar-refractivity contribution in [1.29, 1.82) is 0 Å². The molecule has 26 heavy (non-hydrogen) atoms. The van der Waals surface area contributed by atoms with Crippen molar-refractivity contribution in [2.75, 3.05) is 18.0 Å². The van der Waals surface area contributed by atoms with Gasteiger partial charge < -0.3 is 4.90 Å². The van der Waals surface area contributed by atoms with Gasteiger partial charge in [0.25, 0.3) is 0 Å². The summed E-state index contributed by atoms with van der Waals surface area (Å²) in [6.45, 7) is 4.40. The Hall–Kier alpha value is -2.81. The van der Waals surface area contributed by atoms with Crippen LogP contribution in [0.25, 0.3) is 27.7 Å². The van der Waals surface area contributed by atoms with Crippen molar-refractivity contribution in [3.05, 3.63) is 66.4 Å². The second-order valence-corrected chi connectivity index (χ2v) is 7.24. The van der Waals surface area contributed by atoms with Crippen LogP contribution in [0.15, 0.2) is 60.8 Å². The first-order chi connectivity index (χ1) is 12.8. The minimum Gasteiger partial charge on any atom is -0.356 e. The lowest BCUT2D eigenvalue weighted by molar-refractivity contribution is 0.573. The summed E-state index contributed by atoms with van der Waals surface area (Å²) >= 11 is 0. The number of pyridine rings is 1. The third kappa shape index (κ3) is 2.38. The predicted molar refractivity (Wildman–Crippen MR) is 109 cm³/mol. The van der Waals surface area contributed by atoms with Crippen LogP contribution in [0.3, 0.4) is 0 Å². The van der Waals surface area contributed by atoms with Gasteiger partial charge in [-0.05, 0) is 43.2 Å². The number of anilines is 1. The van der Waals surface area contributed by atoms with Gasteiger partial charge in [-0.1, -0.05) is 48.5 Å². The number of aryl methyl sites for hydroxylation is 1. The first-order valence-electron chi connectivity index (χ1n) is 9.54. The van der Waals surface area contributed by atoms with Crippen molar-refractivity contribution >= 4 is 22.2 Å². The smallest absolute Gasteiger partial charge is 0.147 e. The molecule has 1 saturated heterocycles. The van der Waals surface area contributed by atoms with Crippen LogP contribution in [0.1, 0.15) is 24.8 Å². The molecule has 0 N–H and O–H groups in total. The molecule has 1 aliphatic rings. The number of benzene rings is 2. The van der Waals surface area contributed by atoms with Crippen LogP contribution in [0.2, 0.25) is 0 Å². The van der Waals surface area contributed by atoms with Gasteiger partial charge in [0.2, 0.25) is 0 Å². The number of imidazole rings is 1. The highest BCUT2D eigenvalue weighted by atomic mass is 15.3. The maximum atomic E-state index is 5.17. The first kappa shape index (κ1) is 15.4. The number of hydrogen-bond donors (Lipinski definition) is 0. The predicted octanol–water partition coefficient (Wildman–Crippen LogP) is 5.45. The molecule has 3 heterocycles. The van der Waals surface area contributed by atoms with Gasteiger partial charge in [-0.25, -0.2) is 4.98 Å². The molecule has 0 bridgehead atoms. The fourth-order valence-corrected chi connectivity index (χ4v) is 4.18. The topological polar surface area (TPSA) is 20.5 Å². The zero-order chi connectivity index (χ0) is 17.5. The van der Waals surface area contributed by atoms with Gasteiger partial charge in [0.05, 0.1) is 0 Å². The zero-order valence-electron chi connectivity index (χ0n) is 15.2. The number of aromatic nitrogens is 2. The maximum Gasteiger partial charge on any atom is 0.147 e. The lowest BCUT2D eigenvalue weighted by atomic mass is 10.0. The molecule has 0 unspecified atom stereocenters. The largest absolute Gasteiger partial charge is 0.356 e. The van der Waals surface area contributed by atoms with E-state index in [4.69, 9.17) is 4.98 Å². The van der Waals surface area contributed by atoms with Gasteiger partial charge in [-0.2, -0.15) is 0 Å². The van der Waals surface area contributed by atoms with Crippen LogP contribution in [0, 0.1) is 6.92 Å². The number of rotatable bonds is 2. The summed E-state index contributed by atoms with van der Waals surface area (Å²) < 4.78 is 2.30. The molecule has 0 amide bonds. The zero-order valence-corrected chi connectivity index (χ0v) is 15.2. The average Bonchev–Trinajstić information content (AvgIpc) is 3.09. The minimum absolute atomic E-state index is 1.06. The molecular weight excluding hydrogens is 318 g/mol. The van der Waals surface area contributed by atoms with E-state index in [9.17, 15) is 0 Å². The van der Waals surface area contributed by atoms with Gasteiger partial charge >= 0.3 is 0 Å². The van der Waals surface area contributed by atoms with Crippen LogP contribution in [0.5, 0.6) is 0 Å². The Morgan fingerprint density at radius 2 is 1.62 bits per heavy atom. The maximum absolute atomic E-state index is 5.17. The summed E-state index contributed by atoms with van der Waals surface area (Å²) in [6.07, 6.45) is 6.04. The molecular formula is C23H23N3. The van der Waals surface area contributed by atoms with Gasteiger partial charge in [0.15, 0.2) is 0 Å². The highest BCUT2D eigenvalue weighted by Gasteiger charge is 2.23. The highest BCUT2D eigenvalue weighted by Crippen LogP contribution is 2.36. The van der Waals surface area contributed by atoms with E-state index in [-0.39, 0.29) is 0 Å². The number of fused-ring (bicyclic) bond motifs is 3. The van der Waals surface area contributed by atoms with Crippen LogP contribution < -0.4 is 4.90 Å². The van der Waals surface area contributed by atoms with Crippen LogP contribution in [-0.2, 0) is 0 Å². The van der Waals surface area contributed by atoms with Gasteiger partial charge in [0, 0.05) is 30.2 Å². The van der Waals surface area contributed by atoms with E-state index in [1.165, 1.54) is 47.0 Å². The molecule has 130 valence electrons. The monoisotopic (exact) mass is 341 g/mol. The SMILES string of the molecule is Cc1ccccc1-c1nc2c3ccccc3ccn2c1N1CCCCC1. The lowest BCUT2D eigenvalue weighted by Crippen LogP contribution is -2.30. The normalized spacial score (nSPS) is 15.0. The van der Waals surface area contributed by atoms with Crippen molar-refractivity contribution in [2.24, 2.45) is 0 Å². The average molecular weight is 341 g/mol. The Morgan fingerprint density at radius 1 is 0.846 bits per heavy atom. The second kappa shape index (κ2) is 6.17. The van der Waals surface area contributed by atoms with Crippen LogP contribution in [0.4, 0.5) is 5.82 Å². The Morgan fingerprint density at radius 3 is 2.46 bits per heavy atom. The van der Waals surface area contributed by atoms with E-state index in [1.54, 1.807) is 0 Å². The quantitative estimate of drug-likeness (QED) is 0.483. The molecule has 5 rings (SSSR count). The third-order valence-electron chi connectivity index (χ3n) is 5.55. The molecule has 0 atom stereocenters. The standard InChI is InChI=1S/C23H23N3/c1-17-9-3-5-11-19(17)21-23(25-14-7-2-8-15-25)26-16-13-18-10-4-6-12-20(18)22(26)24-21/h3-6,9-13,16H,2,7-8,14-15H2,1H3. The fraction of sp³-hybridized carbons (Fsp3) is 0.261. The van der Waals surface area contributed by atoms with E-state index in [0.29, 0.717) is 0 Å². The fourth-order valence-electron chi connectivity index (χ4n) is 4.18. The summed E-state index contributed by atoms with van der Waals surface area (Å²) in [4.78, 5) is 7.70. The molecule has 4 aromatic rings. The summed E-state index contributed by atoms with van der Waals surface area (Å²) in [5.41, 5.74) is 4.68. The number of nitrogens with zero attached hydrogens (tertiary/aromatic N) is 3. The highest BCUT2D eigenvalue weighted by molar-refractivity contribution is 5.96. The van der Waals surface area contributed by atoms with E-state index >= 15 is 0 Å². The Balaban J connectivity index is 1.84. The summed E-state index contributed by atoms with van der Waals surface area (Å²) in [5.74, 6) is 1.25. The Kier molecular flexibility index (Phi) is 3.66. The molecule has 1 fully saturated rings. The molecule has 1 aliphatic heterocycles. The second-order valence-electron chi connectivity index (χ2n) is 7.24. The first-order valence-corrected chi connectivity index (χ1v) is 9.54. The van der Waals surface area contributed by atoms with Crippen molar-refractivity contribution in [3.8, 4) is 11.3 Å². The van der Waals surface area contributed by atoms with E-state index in [2.05, 4.69) is 77.0 Å². The Bertz CT molecular complexity index is 1090. The molecule has 0 spiro atoms. The van der Waals surface area contributed by atoms with E-state index < -0.39 is 0 Å². The number of hydrogen-bond acceptors (Lipinski definition) is 2. The van der Waals surface area contributed by atoms with Crippen molar-refractivity contribution in [3.63, 3.8) is 0 Å².